The van der Waals surface area contributed by atoms with Crippen LogP contribution in [0.15, 0.2) is 34.5 Å². The van der Waals surface area contributed by atoms with Crippen molar-refractivity contribution in [1.29, 1.82) is 0 Å². The lowest BCUT2D eigenvalue weighted by Gasteiger charge is -2.05. The molecule has 1 aliphatic heterocycles. The van der Waals surface area contributed by atoms with Crippen molar-refractivity contribution in [3.8, 4) is 5.75 Å². The molecule has 2 unspecified atom stereocenters. The summed E-state index contributed by atoms with van der Waals surface area (Å²) in [7, 11) is -1.09. The van der Waals surface area contributed by atoms with E-state index in [4.69, 9.17) is 9.47 Å². The third kappa shape index (κ3) is 3.74. The van der Waals surface area contributed by atoms with E-state index in [0.29, 0.717) is 12.4 Å². The molecule has 1 saturated heterocycles. The predicted octanol–water partition coefficient (Wildman–Crippen LogP) is 3.70. The van der Waals surface area contributed by atoms with Crippen LogP contribution in [-0.2, 0) is 21.3 Å². The summed E-state index contributed by atoms with van der Waals surface area (Å²) in [6.07, 6.45) is 2.27. The van der Waals surface area contributed by atoms with E-state index in [1.165, 1.54) is 0 Å². The second kappa shape index (κ2) is 7.35. The Bertz CT molecular complexity index is 633. The lowest BCUT2D eigenvalue weighted by molar-refractivity contribution is 0.111. The molecule has 118 valence electrons. The zero-order chi connectivity index (χ0) is 15.4. The first-order valence-electron chi connectivity index (χ1n) is 7.43. The molecular weight excluding hydrogens is 318 g/mol. The summed E-state index contributed by atoms with van der Waals surface area (Å²) >= 11 is 1.60. The SMILES string of the molecule is CCOc1ccc(S(=O)Cc2csc(C3CCCO3)n2)cc1. The highest BCUT2D eigenvalue weighted by Gasteiger charge is 2.21. The van der Waals surface area contributed by atoms with E-state index in [2.05, 4.69) is 4.98 Å². The van der Waals surface area contributed by atoms with Crippen molar-refractivity contribution >= 4 is 22.1 Å². The molecule has 0 N–H and O–H groups in total. The second-order valence-corrected chi connectivity index (χ2v) is 7.41. The Labute approximate surface area is 136 Å². The smallest absolute Gasteiger partial charge is 0.122 e. The monoisotopic (exact) mass is 337 g/mol. The van der Waals surface area contributed by atoms with Crippen molar-refractivity contribution in [2.45, 2.75) is 36.5 Å². The Morgan fingerprint density at radius 1 is 1.41 bits per heavy atom. The molecule has 6 heteroatoms. The van der Waals surface area contributed by atoms with Gasteiger partial charge in [0, 0.05) is 16.9 Å². The molecule has 2 heterocycles. The average Bonchev–Trinajstić information content (AvgIpc) is 3.19. The number of thiazole rings is 1. The van der Waals surface area contributed by atoms with Gasteiger partial charge in [-0.2, -0.15) is 0 Å². The van der Waals surface area contributed by atoms with Crippen molar-refractivity contribution in [1.82, 2.24) is 4.98 Å². The molecule has 0 aliphatic carbocycles. The fourth-order valence-electron chi connectivity index (χ4n) is 2.38. The van der Waals surface area contributed by atoms with Gasteiger partial charge in [-0.1, -0.05) is 0 Å². The van der Waals surface area contributed by atoms with E-state index in [0.717, 1.165) is 40.8 Å². The molecule has 2 aromatic rings. The third-order valence-corrected chi connectivity index (χ3v) is 5.79. The van der Waals surface area contributed by atoms with Gasteiger partial charge >= 0.3 is 0 Å². The molecule has 1 aliphatic rings. The minimum Gasteiger partial charge on any atom is -0.494 e. The summed E-state index contributed by atoms with van der Waals surface area (Å²) in [5, 5.41) is 3.00. The Hall–Kier alpha value is -1.24. The zero-order valence-corrected chi connectivity index (χ0v) is 14.1. The Morgan fingerprint density at radius 2 is 2.23 bits per heavy atom. The molecule has 1 aromatic heterocycles. The van der Waals surface area contributed by atoms with Crippen LogP contribution in [0.25, 0.3) is 0 Å². The van der Waals surface area contributed by atoms with Crippen LogP contribution < -0.4 is 4.74 Å². The van der Waals surface area contributed by atoms with Crippen LogP contribution in [0.5, 0.6) is 5.75 Å². The van der Waals surface area contributed by atoms with Gasteiger partial charge < -0.3 is 9.47 Å². The quantitative estimate of drug-likeness (QED) is 0.806. The predicted molar refractivity (Wildman–Crippen MR) is 87.8 cm³/mol. The highest BCUT2D eigenvalue weighted by molar-refractivity contribution is 7.84. The van der Waals surface area contributed by atoms with E-state index in [-0.39, 0.29) is 6.10 Å². The molecule has 4 nitrogen and oxygen atoms in total. The van der Waals surface area contributed by atoms with Crippen molar-refractivity contribution in [3.63, 3.8) is 0 Å². The molecule has 0 amide bonds. The maximum Gasteiger partial charge on any atom is 0.122 e. The molecule has 1 aromatic carbocycles. The second-order valence-electron chi connectivity index (χ2n) is 5.07. The van der Waals surface area contributed by atoms with Crippen LogP contribution in [0, 0.1) is 0 Å². The lowest BCUT2D eigenvalue weighted by atomic mass is 10.2. The fraction of sp³-hybridized carbons (Fsp3) is 0.438. The first-order chi connectivity index (χ1) is 10.8. The van der Waals surface area contributed by atoms with E-state index in [1.54, 1.807) is 11.3 Å². The fourth-order valence-corrected chi connectivity index (χ4v) is 4.41. The number of hydrogen-bond donors (Lipinski definition) is 0. The number of aromatic nitrogens is 1. The number of hydrogen-bond acceptors (Lipinski definition) is 5. The maximum absolute atomic E-state index is 12.4. The van der Waals surface area contributed by atoms with Crippen LogP contribution >= 0.6 is 11.3 Å². The van der Waals surface area contributed by atoms with Crippen LogP contribution in [0.1, 0.15) is 36.6 Å². The normalized spacial score (nSPS) is 19.2. The molecule has 1 fully saturated rings. The maximum atomic E-state index is 12.4. The molecule has 0 radical (unpaired) electrons. The Morgan fingerprint density at radius 3 is 2.91 bits per heavy atom. The van der Waals surface area contributed by atoms with Crippen molar-refractivity contribution in [2.75, 3.05) is 13.2 Å². The summed E-state index contributed by atoms with van der Waals surface area (Å²) in [6, 6.07) is 7.42. The summed E-state index contributed by atoms with van der Waals surface area (Å²) < 4.78 is 23.4. The third-order valence-electron chi connectivity index (χ3n) is 3.45. The van der Waals surface area contributed by atoms with Gasteiger partial charge in [-0.05, 0) is 44.0 Å². The van der Waals surface area contributed by atoms with Gasteiger partial charge in [-0.15, -0.1) is 11.3 Å². The standard InChI is InChI=1S/C16H19NO3S2/c1-2-19-13-5-7-14(8-6-13)22(18)11-12-10-21-16(17-12)15-4-3-9-20-15/h5-8,10,15H,2-4,9,11H2,1H3. The molecule has 0 saturated carbocycles. The van der Waals surface area contributed by atoms with Crippen molar-refractivity contribution in [3.05, 3.63) is 40.3 Å². The minimum absolute atomic E-state index is 0.137. The Kier molecular flexibility index (Phi) is 5.23. The van der Waals surface area contributed by atoms with E-state index >= 15 is 0 Å². The van der Waals surface area contributed by atoms with Gasteiger partial charge in [0.2, 0.25) is 0 Å². The highest BCUT2D eigenvalue weighted by Crippen LogP contribution is 2.31. The molecule has 3 rings (SSSR count). The molecular formula is C16H19NO3S2. The highest BCUT2D eigenvalue weighted by atomic mass is 32.2. The summed E-state index contributed by atoms with van der Waals surface area (Å²) in [5.41, 5.74) is 0.878. The lowest BCUT2D eigenvalue weighted by Crippen LogP contribution is -1.99. The van der Waals surface area contributed by atoms with Gasteiger partial charge in [0.25, 0.3) is 0 Å². The summed E-state index contributed by atoms with van der Waals surface area (Å²) in [5.74, 6) is 1.24. The van der Waals surface area contributed by atoms with E-state index in [1.807, 2.05) is 36.6 Å². The number of nitrogens with zero attached hydrogens (tertiary/aromatic N) is 1. The van der Waals surface area contributed by atoms with Gasteiger partial charge in [-0.3, -0.25) is 4.21 Å². The van der Waals surface area contributed by atoms with Gasteiger partial charge in [-0.25, -0.2) is 4.98 Å². The topological polar surface area (TPSA) is 48.4 Å². The minimum atomic E-state index is -1.09. The van der Waals surface area contributed by atoms with Crippen LogP contribution in [-0.4, -0.2) is 22.4 Å². The molecule has 22 heavy (non-hydrogen) atoms. The summed E-state index contributed by atoms with van der Waals surface area (Å²) in [6.45, 7) is 3.39. The van der Waals surface area contributed by atoms with Crippen LogP contribution in [0.2, 0.25) is 0 Å². The van der Waals surface area contributed by atoms with Gasteiger partial charge in [0.15, 0.2) is 0 Å². The van der Waals surface area contributed by atoms with E-state index in [9.17, 15) is 4.21 Å². The zero-order valence-electron chi connectivity index (χ0n) is 12.5. The largest absolute Gasteiger partial charge is 0.494 e. The van der Waals surface area contributed by atoms with Gasteiger partial charge in [0.1, 0.15) is 16.9 Å². The first-order valence-corrected chi connectivity index (χ1v) is 9.63. The number of ether oxygens (including phenoxy) is 2. The van der Waals surface area contributed by atoms with Gasteiger partial charge in [0.05, 0.1) is 28.9 Å². The van der Waals surface area contributed by atoms with E-state index < -0.39 is 10.8 Å². The number of rotatable bonds is 6. The summed E-state index contributed by atoms with van der Waals surface area (Å²) in [4.78, 5) is 5.38. The Balaban J connectivity index is 1.63. The van der Waals surface area contributed by atoms with Crippen molar-refractivity contribution in [2.24, 2.45) is 0 Å². The molecule has 0 spiro atoms. The molecule has 2 atom stereocenters. The van der Waals surface area contributed by atoms with Crippen LogP contribution in [0.3, 0.4) is 0 Å². The van der Waals surface area contributed by atoms with Crippen LogP contribution in [0.4, 0.5) is 0 Å². The molecule has 0 bridgehead atoms. The first kappa shape index (κ1) is 15.6. The van der Waals surface area contributed by atoms with Crippen molar-refractivity contribution < 1.29 is 13.7 Å². The number of benzene rings is 1. The average molecular weight is 337 g/mol.